The minimum Gasteiger partial charge on any atom is -0.378 e. The van der Waals surface area contributed by atoms with Crippen molar-refractivity contribution in [1.82, 2.24) is 0 Å². The van der Waals surface area contributed by atoms with Crippen LogP contribution in [0.1, 0.15) is 20.3 Å². The predicted octanol–water partition coefficient (Wildman–Crippen LogP) is 2.51. The first-order valence-corrected chi connectivity index (χ1v) is 6.07. The molecule has 0 aliphatic carbocycles. The Morgan fingerprint density at radius 2 is 2.11 bits per heavy atom. The molecule has 0 spiro atoms. The lowest BCUT2D eigenvalue weighted by Gasteiger charge is -2.25. The minimum absolute atomic E-state index is 0.122. The van der Waals surface area contributed by atoms with E-state index in [0.717, 1.165) is 11.4 Å². The Bertz CT molecular complexity index is 412. The fourth-order valence-corrected chi connectivity index (χ4v) is 1.52. The molecule has 0 saturated carbocycles. The number of methoxy groups -OCH3 is 1. The zero-order valence-electron chi connectivity index (χ0n) is 11.8. The third-order valence-corrected chi connectivity index (χ3v) is 3.23. The van der Waals surface area contributed by atoms with Gasteiger partial charge in [0.1, 0.15) is 5.60 Å². The second kappa shape index (κ2) is 5.87. The van der Waals surface area contributed by atoms with Crippen LogP contribution in [0.15, 0.2) is 24.3 Å². The number of nitrogens with one attached hydrogen (secondary N) is 1. The van der Waals surface area contributed by atoms with Gasteiger partial charge < -0.3 is 15.0 Å². The smallest absolute Gasteiger partial charge is 0.256 e. The highest BCUT2D eigenvalue weighted by Crippen LogP contribution is 2.21. The Balaban J connectivity index is 2.85. The lowest BCUT2D eigenvalue weighted by atomic mass is 10.0. The molecule has 100 valence electrons. The van der Waals surface area contributed by atoms with Crippen LogP contribution in [0.3, 0.4) is 0 Å². The lowest BCUT2D eigenvalue weighted by Crippen LogP contribution is -2.41. The van der Waals surface area contributed by atoms with Gasteiger partial charge in [0.2, 0.25) is 0 Å². The van der Waals surface area contributed by atoms with Gasteiger partial charge in [-0.25, -0.2) is 0 Å². The molecule has 0 fully saturated rings. The zero-order valence-corrected chi connectivity index (χ0v) is 11.8. The number of rotatable bonds is 5. The van der Waals surface area contributed by atoms with Gasteiger partial charge in [-0.15, -0.1) is 0 Å². The molecule has 4 nitrogen and oxygen atoms in total. The van der Waals surface area contributed by atoms with E-state index in [4.69, 9.17) is 4.74 Å². The SMILES string of the molecule is CCC(C)(OC)C(=O)Nc1cccc(N(C)C)c1. The third kappa shape index (κ3) is 3.23. The van der Waals surface area contributed by atoms with Crippen LogP contribution in [0, 0.1) is 0 Å². The van der Waals surface area contributed by atoms with Crippen LogP contribution in [0.25, 0.3) is 0 Å². The molecule has 4 heteroatoms. The van der Waals surface area contributed by atoms with Gasteiger partial charge in [0.05, 0.1) is 0 Å². The molecule has 0 aromatic heterocycles. The summed E-state index contributed by atoms with van der Waals surface area (Å²) in [6.07, 6.45) is 0.628. The molecule has 0 aliphatic rings. The molecular formula is C14H22N2O2. The number of carbonyl (C=O) groups is 1. The maximum atomic E-state index is 12.1. The second-order valence-electron chi connectivity index (χ2n) is 4.69. The number of hydrogen-bond acceptors (Lipinski definition) is 3. The van der Waals surface area contributed by atoms with Crippen molar-refractivity contribution >= 4 is 17.3 Å². The molecule has 1 aromatic rings. The van der Waals surface area contributed by atoms with Gasteiger partial charge in [-0.1, -0.05) is 13.0 Å². The number of carbonyl (C=O) groups excluding carboxylic acids is 1. The monoisotopic (exact) mass is 250 g/mol. The van der Waals surface area contributed by atoms with Gasteiger partial charge in [0.25, 0.3) is 5.91 Å². The largest absolute Gasteiger partial charge is 0.378 e. The molecule has 1 atom stereocenters. The Kier molecular flexibility index (Phi) is 4.73. The van der Waals surface area contributed by atoms with Crippen molar-refractivity contribution in [2.75, 3.05) is 31.4 Å². The molecular weight excluding hydrogens is 228 g/mol. The molecule has 1 unspecified atom stereocenters. The fourth-order valence-electron chi connectivity index (χ4n) is 1.52. The number of nitrogens with zero attached hydrogens (tertiary/aromatic N) is 1. The molecule has 0 bridgehead atoms. The fraction of sp³-hybridized carbons (Fsp3) is 0.500. The van der Waals surface area contributed by atoms with Crippen molar-refractivity contribution in [2.45, 2.75) is 25.9 Å². The van der Waals surface area contributed by atoms with Crippen molar-refractivity contribution in [3.8, 4) is 0 Å². The van der Waals surface area contributed by atoms with Gasteiger partial charge >= 0.3 is 0 Å². The number of benzene rings is 1. The Labute approximate surface area is 109 Å². The Morgan fingerprint density at radius 1 is 1.44 bits per heavy atom. The second-order valence-corrected chi connectivity index (χ2v) is 4.69. The molecule has 1 rings (SSSR count). The topological polar surface area (TPSA) is 41.6 Å². The van der Waals surface area contributed by atoms with Gasteiger partial charge in [-0.05, 0) is 31.5 Å². The summed E-state index contributed by atoms with van der Waals surface area (Å²) < 4.78 is 5.28. The summed E-state index contributed by atoms with van der Waals surface area (Å²) >= 11 is 0. The summed E-state index contributed by atoms with van der Waals surface area (Å²) in [7, 11) is 5.48. The van der Waals surface area contributed by atoms with Gasteiger partial charge in [0.15, 0.2) is 0 Å². The summed E-state index contributed by atoms with van der Waals surface area (Å²) in [5.74, 6) is -0.122. The maximum absolute atomic E-state index is 12.1. The van der Waals surface area contributed by atoms with Crippen LogP contribution >= 0.6 is 0 Å². The highest BCUT2D eigenvalue weighted by Gasteiger charge is 2.30. The van der Waals surface area contributed by atoms with E-state index in [1.54, 1.807) is 14.0 Å². The van der Waals surface area contributed by atoms with E-state index in [9.17, 15) is 4.79 Å². The van der Waals surface area contributed by atoms with Gasteiger partial charge in [0, 0.05) is 32.6 Å². The van der Waals surface area contributed by atoms with E-state index in [2.05, 4.69) is 5.32 Å². The summed E-state index contributed by atoms with van der Waals surface area (Å²) in [6.45, 7) is 3.72. The molecule has 18 heavy (non-hydrogen) atoms. The normalized spacial score (nSPS) is 13.8. The minimum atomic E-state index is -0.784. The first kappa shape index (κ1) is 14.5. The van der Waals surface area contributed by atoms with Crippen LogP contribution in [0.4, 0.5) is 11.4 Å². The van der Waals surface area contributed by atoms with Gasteiger partial charge in [-0.3, -0.25) is 4.79 Å². The first-order valence-electron chi connectivity index (χ1n) is 6.07. The van der Waals surface area contributed by atoms with E-state index in [0.29, 0.717) is 6.42 Å². The summed E-state index contributed by atoms with van der Waals surface area (Å²) in [5.41, 5.74) is 1.04. The average molecular weight is 250 g/mol. The molecule has 0 heterocycles. The molecule has 0 saturated heterocycles. The van der Waals surface area contributed by atoms with E-state index < -0.39 is 5.60 Å². The van der Waals surface area contributed by atoms with Crippen LogP contribution in [0.2, 0.25) is 0 Å². The van der Waals surface area contributed by atoms with Crippen molar-refractivity contribution < 1.29 is 9.53 Å². The van der Waals surface area contributed by atoms with Crippen LogP contribution in [-0.4, -0.2) is 32.7 Å². The number of amides is 1. The van der Waals surface area contributed by atoms with Crippen molar-refractivity contribution in [3.63, 3.8) is 0 Å². The third-order valence-electron chi connectivity index (χ3n) is 3.23. The standard InChI is InChI=1S/C14H22N2O2/c1-6-14(2,18-5)13(17)15-11-8-7-9-12(10-11)16(3)4/h7-10H,6H2,1-5H3,(H,15,17). The predicted molar refractivity (Wildman–Crippen MR) is 75.1 cm³/mol. The molecule has 1 aromatic carbocycles. The zero-order chi connectivity index (χ0) is 13.8. The van der Waals surface area contributed by atoms with Crippen LogP contribution < -0.4 is 10.2 Å². The van der Waals surface area contributed by atoms with E-state index in [-0.39, 0.29) is 5.91 Å². The summed E-state index contributed by atoms with van der Waals surface area (Å²) in [6, 6.07) is 7.71. The van der Waals surface area contributed by atoms with E-state index in [1.165, 1.54) is 0 Å². The van der Waals surface area contributed by atoms with Crippen LogP contribution in [0.5, 0.6) is 0 Å². The maximum Gasteiger partial charge on any atom is 0.256 e. The lowest BCUT2D eigenvalue weighted by molar-refractivity contribution is -0.136. The molecule has 0 aliphatic heterocycles. The van der Waals surface area contributed by atoms with Crippen molar-refractivity contribution in [1.29, 1.82) is 0 Å². The van der Waals surface area contributed by atoms with Crippen molar-refractivity contribution in [3.05, 3.63) is 24.3 Å². The molecule has 0 radical (unpaired) electrons. The Morgan fingerprint density at radius 3 is 2.61 bits per heavy atom. The molecule has 1 amide bonds. The molecule has 1 N–H and O–H groups in total. The Hall–Kier alpha value is -1.55. The van der Waals surface area contributed by atoms with Crippen molar-refractivity contribution in [2.24, 2.45) is 0 Å². The summed E-state index contributed by atoms with van der Waals surface area (Å²) in [5, 5.41) is 2.89. The van der Waals surface area contributed by atoms with E-state index >= 15 is 0 Å². The first-order chi connectivity index (χ1) is 8.42. The highest BCUT2D eigenvalue weighted by molar-refractivity contribution is 5.97. The average Bonchev–Trinajstić information content (AvgIpc) is 2.38. The number of anilines is 2. The highest BCUT2D eigenvalue weighted by atomic mass is 16.5. The quantitative estimate of drug-likeness (QED) is 0.873. The van der Waals surface area contributed by atoms with Crippen LogP contribution in [-0.2, 0) is 9.53 Å². The summed E-state index contributed by atoms with van der Waals surface area (Å²) in [4.78, 5) is 14.1. The number of ether oxygens (including phenoxy) is 1. The van der Waals surface area contributed by atoms with E-state index in [1.807, 2.05) is 50.2 Å². The van der Waals surface area contributed by atoms with Gasteiger partial charge in [-0.2, -0.15) is 0 Å². The number of hydrogen-bond donors (Lipinski definition) is 1.